The van der Waals surface area contributed by atoms with Crippen molar-refractivity contribution in [3.05, 3.63) is 53.3 Å². The van der Waals surface area contributed by atoms with E-state index in [4.69, 9.17) is 5.73 Å². The third kappa shape index (κ3) is 3.97. The maximum absolute atomic E-state index is 13.5. The van der Waals surface area contributed by atoms with Crippen molar-refractivity contribution in [3.63, 3.8) is 0 Å². The van der Waals surface area contributed by atoms with Gasteiger partial charge < -0.3 is 21.3 Å². The van der Waals surface area contributed by atoms with Gasteiger partial charge in [-0.3, -0.25) is 4.79 Å². The second kappa shape index (κ2) is 7.50. The fourth-order valence-electron chi connectivity index (χ4n) is 4.32. The van der Waals surface area contributed by atoms with Crippen molar-refractivity contribution in [2.45, 2.75) is 37.8 Å². The van der Waals surface area contributed by atoms with Gasteiger partial charge in [-0.25, -0.2) is 13.6 Å². The van der Waals surface area contributed by atoms with E-state index in [1.807, 2.05) is 0 Å². The van der Waals surface area contributed by atoms with E-state index in [1.54, 1.807) is 17.0 Å². The Kier molecular flexibility index (Phi) is 5.02. The molecule has 2 amide bonds. The monoisotopic (exact) mass is 402 g/mol. The number of nitrogens with one attached hydrogen (secondary N) is 2. The molecule has 0 bridgehead atoms. The summed E-state index contributed by atoms with van der Waals surface area (Å²) in [5, 5.41) is 6.30. The van der Waals surface area contributed by atoms with Crippen molar-refractivity contribution < 1.29 is 18.4 Å². The van der Waals surface area contributed by atoms with Gasteiger partial charge in [0.2, 0.25) is 0 Å². The molecule has 2 saturated heterocycles. The summed E-state index contributed by atoms with van der Waals surface area (Å²) in [5.74, 6) is -1.09. The zero-order chi connectivity index (χ0) is 20.6. The highest BCUT2D eigenvalue weighted by molar-refractivity contribution is 5.87. The molecule has 1 spiro atoms. The number of rotatable bonds is 2. The molecule has 1 aliphatic carbocycles. The number of nitrogen functional groups attached to an aromatic ring is 1. The van der Waals surface area contributed by atoms with Gasteiger partial charge in [-0.2, -0.15) is 0 Å². The Hall–Kier alpha value is -2.90. The van der Waals surface area contributed by atoms with Crippen molar-refractivity contribution in [3.8, 4) is 0 Å². The van der Waals surface area contributed by atoms with Crippen LogP contribution in [0.1, 0.15) is 31.2 Å². The Bertz CT molecular complexity index is 904. The van der Waals surface area contributed by atoms with Crippen LogP contribution >= 0.6 is 0 Å². The van der Waals surface area contributed by atoms with Gasteiger partial charge >= 0.3 is 6.03 Å². The molecule has 154 valence electrons. The van der Waals surface area contributed by atoms with Crippen LogP contribution in [0.4, 0.5) is 19.3 Å². The first-order valence-corrected chi connectivity index (χ1v) is 9.79. The minimum atomic E-state index is -0.482. The number of likely N-dealkylation sites (tertiary alicyclic amines) is 1. The predicted octanol–water partition coefficient (Wildman–Crippen LogP) is 2.77. The number of benzene rings is 1. The lowest BCUT2D eigenvalue weighted by atomic mass is 9.74. The summed E-state index contributed by atoms with van der Waals surface area (Å²) in [7, 11) is 0. The summed E-state index contributed by atoms with van der Waals surface area (Å²) in [5.41, 5.74) is 6.74. The first-order chi connectivity index (χ1) is 13.8. The van der Waals surface area contributed by atoms with Crippen molar-refractivity contribution in [2.24, 2.45) is 5.92 Å². The topological polar surface area (TPSA) is 87.5 Å². The molecule has 3 aliphatic rings. The largest absolute Gasteiger partial charge is 0.396 e. The molecular weight excluding hydrogens is 378 g/mol. The summed E-state index contributed by atoms with van der Waals surface area (Å²) >= 11 is 0. The van der Waals surface area contributed by atoms with E-state index in [1.165, 1.54) is 18.2 Å². The van der Waals surface area contributed by atoms with Crippen LogP contribution in [0.5, 0.6) is 0 Å². The predicted molar refractivity (Wildman–Crippen MR) is 105 cm³/mol. The highest BCUT2D eigenvalue weighted by atomic mass is 19.1. The Morgan fingerprint density at radius 3 is 2.76 bits per heavy atom. The van der Waals surface area contributed by atoms with E-state index >= 15 is 0 Å². The van der Waals surface area contributed by atoms with Crippen LogP contribution in [0.15, 0.2) is 41.9 Å². The first kappa shape index (κ1) is 19.4. The third-order valence-corrected chi connectivity index (χ3v) is 6.04. The summed E-state index contributed by atoms with van der Waals surface area (Å²) in [4.78, 5) is 26.8. The molecule has 0 aromatic heterocycles. The van der Waals surface area contributed by atoms with Crippen molar-refractivity contribution in [1.82, 2.24) is 15.5 Å². The summed E-state index contributed by atoms with van der Waals surface area (Å²) < 4.78 is 26.7. The van der Waals surface area contributed by atoms with Crippen LogP contribution in [0.3, 0.4) is 0 Å². The molecule has 4 rings (SSSR count). The van der Waals surface area contributed by atoms with Gasteiger partial charge in [0.05, 0.1) is 11.6 Å². The number of fused-ring (bicyclic) bond motifs is 1. The van der Waals surface area contributed by atoms with Gasteiger partial charge in [0.15, 0.2) is 0 Å². The highest BCUT2D eigenvalue weighted by Crippen LogP contribution is 2.38. The van der Waals surface area contributed by atoms with E-state index in [-0.39, 0.29) is 41.8 Å². The van der Waals surface area contributed by atoms with Gasteiger partial charge in [-0.05, 0) is 42.7 Å². The van der Waals surface area contributed by atoms with Crippen molar-refractivity contribution in [1.29, 1.82) is 0 Å². The minimum absolute atomic E-state index is 0.0507. The number of halogens is 2. The van der Waals surface area contributed by atoms with Crippen molar-refractivity contribution >= 4 is 17.5 Å². The summed E-state index contributed by atoms with van der Waals surface area (Å²) in [6, 6.07) is 4.16. The normalized spacial score (nSPS) is 23.0. The van der Waals surface area contributed by atoms with Gasteiger partial charge in [0.1, 0.15) is 17.4 Å². The lowest BCUT2D eigenvalue weighted by molar-refractivity contribution is -0.125. The van der Waals surface area contributed by atoms with Crippen LogP contribution < -0.4 is 16.4 Å². The number of hydrogen-bond acceptors (Lipinski definition) is 4. The van der Waals surface area contributed by atoms with Crippen LogP contribution in [-0.2, 0) is 11.3 Å². The molecule has 1 atom stereocenters. The zero-order valence-electron chi connectivity index (χ0n) is 16.0. The van der Waals surface area contributed by atoms with Crippen LogP contribution in [0.2, 0.25) is 0 Å². The lowest BCUT2D eigenvalue weighted by Gasteiger charge is -2.47. The second-order valence-electron chi connectivity index (χ2n) is 8.04. The molecule has 4 N–H and O–H groups in total. The SMILES string of the molecule is Nc1cc(CNC(=O)N2CCC3(CC2)CC(=O)C2CC(F)=CC=C2N3)ccc1F. The smallest absolute Gasteiger partial charge is 0.317 e. The number of carbonyl (C=O) groups excluding carboxylic acids is 2. The van der Waals surface area contributed by atoms with E-state index < -0.39 is 11.7 Å². The van der Waals surface area contributed by atoms with Gasteiger partial charge in [0.25, 0.3) is 0 Å². The first-order valence-electron chi connectivity index (χ1n) is 9.79. The standard InChI is InChI=1S/C21H24F2N4O2/c22-14-2-4-18-15(10-14)19(28)11-21(26-18)5-7-27(8-6-21)20(29)25-12-13-1-3-16(23)17(24)9-13/h1-4,9,15,26H,5-8,10-12,24H2,(H,25,29). The number of nitrogens with two attached hydrogens (primary N) is 1. The molecular formula is C21H24F2N4O2. The number of hydrogen-bond donors (Lipinski definition) is 3. The molecule has 6 nitrogen and oxygen atoms in total. The number of urea groups is 1. The highest BCUT2D eigenvalue weighted by Gasteiger charge is 2.45. The minimum Gasteiger partial charge on any atom is -0.396 e. The number of Topliss-reactive ketones (excluding diaryl/α,β-unsaturated/α-hetero) is 1. The average Bonchev–Trinajstić information content (AvgIpc) is 2.70. The van der Waals surface area contributed by atoms with E-state index in [0.717, 1.165) is 11.3 Å². The number of allylic oxidation sites excluding steroid dienone is 4. The molecule has 29 heavy (non-hydrogen) atoms. The number of anilines is 1. The fourth-order valence-corrected chi connectivity index (χ4v) is 4.32. The van der Waals surface area contributed by atoms with Crippen LogP contribution in [-0.4, -0.2) is 35.3 Å². The molecule has 0 saturated carbocycles. The second-order valence-corrected chi connectivity index (χ2v) is 8.04. The zero-order valence-corrected chi connectivity index (χ0v) is 16.0. The Balaban J connectivity index is 1.33. The number of carbonyl (C=O) groups is 2. The fraction of sp³-hybridized carbons (Fsp3) is 0.429. The number of amides is 2. The third-order valence-electron chi connectivity index (χ3n) is 6.04. The molecule has 2 aliphatic heterocycles. The Morgan fingerprint density at radius 2 is 2.03 bits per heavy atom. The van der Waals surface area contributed by atoms with E-state index in [9.17, 15) is 18.4 Å². The molecule has 1 aromatic rings. The van der Waals surface area contributed by atoms with E-state index in [2.05, 4.69) is 10.6 Å². The van der Waals surface area contributed by atoms with Crippen LogP contribution in [0.25, 0.3) is 0 Å². The quantitative estimate of drug-likeness (QED) is 0.664. The maximum Gasteiger partial charge on any atom is 0.317 e. The maximum atomic E-state index is 13.5. The molecule has 2 heterocycles. The van der Waals surface area contributed by atoms with Gasteiger partial charge in [-0.15, -0.1) is 0 Å². The van der Waals surface area contributed by atoms with Gasteiger partial charge in [-0.1, -0.05) is 6.07 Å². The molecule has 0 radical (unpaired) electrons. The molecule has 1 aromatic carbocycles. The summed E-state index contributed by atoms with van der Waals surface area (Å²) in [6.07, 6.45) is 4.85. The van der Waals surface area contributed by atoms with Crippen molar-refractivity contribution in [2.75, 3.05) is 18.8 Å². The molecule has 8 heteroatoms. The van der Waals surface area contributed by atoms with Gasteiger partial charge in [0, 0.05) is 43.7 Å². The summed E-state index contributed by atoms with van der Waals surface area (Å²) in [6.45, 7) is 1.29. The molecule has 1 unspecified atom stereocenters. The van der Waals surface area contributed by atoms with Crippen LogP contribution in [0, 0.1) is 11.7 Å². The number of nitrogens with zero attached hydrogens (tertiary/aromatic N) is 1. The molecule has 2 fully saturated rings. The average molecular weight is 402 g/mol. The number of ketones is 1. The van der Waals surface area contributed by atoms with E-state index in [0.29, 0.717) is 32.4 Å². The lowest BCUT2D eigenvalue weighted by Crippen LogP contribution is -2.60. The Labute approximate surface area is 167 Å². The Morgan fingerprint density at radius 1 is 1.28 bits per heavy atom. The number of piperidine rings is 2.